The first-order chi connectivity index (χ1) is 9.38. The molecular weight excluding hydrogens is 240 g/mol. The molecule has 114 valence electrons. The van der Waals surface area contributed by atoms with E-state index in [1.807, 2.05) is 0 Å². The lowest BCUT2D eigenvalue weighted by Crippen LogP contribution is -2.51. The maximum absolute atomic E-state index is 2.68. The van der Waals surface area contributed by atoms with Crippen LogP contribution < -0.4 is 0 Å². The van der Waals surface area contributed by atoms with E-state index in [0.29, 0.717) is 10.8 Å². The average Bonchev–Trinajstić information content (AvgIpc) is 2.88. The Kier molecular flexibility index (Phi) is 2.76. The molecule has 4 fully saturated rings. The third kappa shape index (κ3) is 1.49. The first-order valence-electron chi connectivity index (χ1n) is 9.38. The van der Waals surface area contributed by atoms with Gasteiger partial charge in [0.2, 0.25) is 0 Å². The van der Waals surface area contributed by atoms with Gasteiger partial charge in [-0.25, -0.2) is 0 Å². The fourth-order valence-corrected chi connectivity index (χ4v) is 7.62. The van der Waals surface area contributed by atoms with Gasteiger partial charge < -0.3 is 0 Å². The van der Waals surface area contributed by atoms with Gasteiger partial charge in [0.25, 0.3) is 0 Å². The van der Waals surface area contributed by atoms with Crippen molar-refractivity contribution >= 4 is 0 Å². The Hall–Kier alpha value is 0. The normalized spacial score (nSPS) is 57.0. The molecule has 0 bridgehead atoms. The van der Waals surface area contributed by atoms with E-state index in [9.17, 15) is 0 Å². The standard InChI is InChI=1S/C20H34/c1-18(2)12-9-17-15-8-7-14-6-5-11-19(14,3)16(15)10-13-20(17,18)4/h14-17H,5-13H2,1-4H3/t14?,15?,16?,17?,19-,20-/m0/s1. The van der Waals surface area contributed by atoms with Crippen molar-refractivity contribution in [2.24, 2.45) is 39.9 Å². The Morgan fingerprint density at radius 2 is 1.45 bits per heavy atom. The molecule has 0 heteroatoms. The SMILES string of the molecule is CC1(C)CCC2C3CCC4CCC[C@]4(C)C3CC[C@@]21C. The van der Waals surface area contributed by atoms with Crippen molar-refractivity contribution in [1.29, 1.82) is 0 Å². The van der Waals surface area contributed by atoms with Crippen LogP contribution >= 0.6 is 0 Å². The quantitative estimate of drug-likeness (QED) is 0.504. The van der Waals surface area contributed by atoms with Crippen LogP contribution in [-0.4, -0.2) is 0 Å². The highest BCUT2D eigenvalue weighted by Gasteiger charge is 2.62. The predicted octanol–water partition coefficient (Wildman–Crippen LogP) is 6.06. The lowest BCUT2D eigenvalue weighted by Gasteiger charge is -2.59. The van der Waals surface area contributed by atoms with Crippen LogP contribution in [0.3, 0.4) is 0 Å². The largest absolute Gasteiger partial charge is 0.0594 e. The summed E-state index contributed by atoms with van der Waals surface area (Å²) in [7, 11) is 0. The van der Waals surface area contributed by atoms with Crippen molar-refractivity contribution < 1.29 is 0 Å². The van der Waals surface area contributed by atoms with Gasteiger partial charge >= 0.3 is 0 Å². The van der Waals surface area contributed by atoms with Gasteiger partial charge in [-0.2, -0.15) is 0 Å². The second-order valence-corrected chi connectivity index (χ2v) is 9.93. The highest BCUT2D eigenvalue weighted by atomic mass is 14.7. The summed E-state index contributed by atoms with van der Waals surface area (Å²) >= 11 is 0. The Morgan fingerprint density at radius 1 is 0.700 bits per heavy atom. The lowest BCUT2D eigenvalue weighted by molar-refractivity contribution is -0.0983. The van der Waals surface area contributed by atoms with Gasteiger partial charge in [-0.05, 0) is 91.3 Å². The zero-order chi connectivity index (χ0) is 14.2. The molecule has 0 nitrogen and oxygen atoms in total. The first kappa shape index (κ1) is 13.6. The Bertz CT molecular complexity index is 406. The summed E-state index contributed by atoms with van der Waals surface area (Å²) in [5.74, 6) is 4.29. The van der Waals surface area contributed by atoms with Gasteiger partial charge in [-0.3, -0.25) is 0 Å². The molecular formula is C20H34. The molecule has 0 saturated heterocycles. The van der Waals surface area contributed by atoms with E-state index in [-0.39, 0.29) is 0 Å². The Morgan fingerprint density at radius 3 is 2.25 bits per heavy atom. The van der Waals surface area contributed by atoms with Crippen molar-refractivity contribution in [3.8, 4) is 0 Å². The number of hydrogen-bond donors (Lipinski definition) is 0. The van der Waals surface area contributed by atoms with Crippen LogP contribution in [0.1, 0.15) is 85.5 Å². The molecule has 4 aliphatic carbocycles. The summed E-state index contributed by atoms with van der Waals surface area (Å²) in [4.78, 5) is 0. The molecule has 4 saturated carbocycles. The van der Waals surface area contributed by atoms with Crippen molar-refractivity contribution in [2.45, 2.75) is 85.5 Å². The summed E-state index contributed by atoms with van der Waals surface area (Å²) in [5.41, 5.74) is 1.98. The van der Waals surface area contributed by atoms with Gasteiger partial charge in [0.05, 0.1) is 0 Å². The molecule has 20 heavy (non-hydrogen) atoms. The third-order valence-electron chi connectivity index (χ3n) is 9.35. The van der Waals surface area contributed by atoms with Gasteiger partial charge in [-0.15, -0.1) is 0 Å². The van der Waals surface area contributed by atoms with E-state index in [1.165, 1.54) is 25.7 Å². The zero-order valence-electron chi connectivity index (χ0n) is 14.2. The zero-order valence-corrected chi connectivity index (χ0v) is 14.2. The molecule has 0 amide bonds. The molecule has 0 N–H and O–H groups in total. The molecule has 0 aromatic heterocycles. The molecule has 0 aromatic rings. The highest BCUT2D eigenvalue weighted by molar-refractivity contribution is 5.11. The van der Waals surface area contributed by atoms with Crippen LogP contribution in [0.25, 0.3) is 0 Å². The topological polar surface area (TPSA) is 0 Å². The minimum atomic E-state index is 0.593. The van der Waals surface area contributed by atoms with Crippen molar-refractivity contribution in [1.82, 2.24) is 0 Å². The molecule has 4 unspecified atom stereocenters. The molecule has 4 aliphatic rings. The Labute approximate surface area is 126 Å². The molecule has 0 aromatic carbocycles. The maximum atomic E-state index is 2.68. The summed E-state index contributed by atoms with van der Waals surface area (Å²) in [6, 6.07) is 0. The number of fused-ring (bicyclic) bond motifs is 5. The van der Waals surface area contributed by atoms with Crippen LogP contribution in [0.5, 0.6) is 0 Å². The van der Waals surface area contributed by atoms with E-state index in [0.717, 1.165) is 29.1 Å². The second-order valence-electron chi connectivity index (χ2n) is 9.93. The maximum Gasteiger partial charge on any atom is -0.0243 e. The summed E-state index contributed by atoms with van der Waals surface area (Å²) in [6.45, 7) is 10.5. The summed E-state index contributed by atoms with van der Waals surface area (Å²) < 4.78 is 0. The fraction of sp³-hybridized carbons (Fsp3) is 1.00. The second kappa shape index (κ2) is 4.05. The monoisotopic (exact) mass is 274 g/mol. The van der Waals surface area contributed by atoms with Crippen LogP contribution in [0, 0.1) is 39.9 Å². The average molecular weight is 274 g/mol. The fourth-order valence-electron chi connectivity index (χ4n) is 7.62. The highest BCUT2D eigenvalue weighted by Crippen LogP contribution is 2.70. The molecule has 4 rings (SSSR count). The summed E-state index contributed by atoms with van der Waals surface area (Å²) in [5, 5.41) is 0. The predicted molar refractivity (Wildman–Crippen MR) is 85.5 cm³/mol. The van der Waals surface area contributed by atoms with Crippen molar-refractivity contribution in [3.05, 3.63) is 0 Å². The van der Waals surface area contributed by atoms with Crippen LogP contribution in [0.4, 0.5) is 0 Å². The van der Waals surface area contributed by atoms with E-state index in [1.54, 1.807) is 32.1 Å². The van der Waals surface area contributed by atoms with E-state index < -0.39 is 0 Å². The van der Waals surface area contributed by atoms with E-state index >= 15 is 0 Å². The molecule has 0 heterocycles. The van der Waals surface area contributed by atoms with Gasteiger partial charge in [-0.1, -0.05) is 34.1 Å². The smallest absolute Gasteiger partial charge is 0.0243 e. The van der Waals surface area contributed by atoms with Gasteiger partial charge in [0.15, 0.2) is 0 Å². The Balaban J connectivity index is 1.68. The number of rotatable bonds is 0. The first-order valence-corrected chi connectivity index (χ1v) is 9.38. The third-order valence-corrected chi connectivity index (χ3v) is 9.35. The van der Waals surface area contributed by atoms with Crippen LogP contribution in [0.2, 0.25) is 0 Å². The lowest BCUT2D eigenvalue weighted by atomic mass is 9.46. The molecule has 6 atom stereocenters. The van der Waals surface area contributed by atoms with E-state index in [2.05, 4.69) is 27.7 Å². The van der Waals surface area contributed by atoms with E-state index in [4.69, 9.17) is 0 Å². The van der Waals surface area contributed by atoms with Gasteiger partial charge in [0, 0.05) is 0 Å². The minimum Gasteiger partial charge on any atom is -0.0594 e. The van der Waals surface area contributed by atoms with Gasteiger partial charge in [0.1, 0.15) is 0 Å². The van der Waals surface area contributed by atoms with Crippen molar-refractivity contribution in [3.63, 3.8) is 0 Å². The number of hydrogen-bond acceptors (Lipinski definition) is 0. The molecule has 0 spiro atoms. The molecule has 0 radical (unpaired) electrons. The summed E-state index contributed by atoms with van der Waals surface area (Å²) in [6.07, 6.45) is 13.8. The minimum absolute atomic E-state index is 0.593. The van der Waals surface area contributed by atoms with Crippen LogP contribution in [-0.2, 0) is 0 Å². The van der Waals surface area contributed by atoms with Crippen LogP contribution in [0.15, 0.2) is 0 Å². The van der Waals surface area contributed by atoms with Crippen molar-refractivity contribution in [2.75, 3.05) is 0 Å². The molecule has 0 aliphatic heterocycles.